The number of nitrogens with zero attached hydrogens (tertiary/aromatic N) is 1. The standard InChI is InChI=1S/C20H22N2O2/c1-20(2,3)16-11-15(17-12-19(21)24-22-17)9-10-18(16)23-13-14-7-5-4-6-8-14/h4-12H,13,21H2,1-3H3. The lowest BCUT2D eigenvalue weighted by atomic mass is 9.85. The molecule has 0 saturated carbocycles. The predicted octanol–water partition coefficient (Wildman–Crippen LogP) is 4.80. The van der Waals surface area contributed by atoms with Gasteiger partial charge in [-0.3, -0.25) is 0 Å². The number of ether oxygens (including phenoxy) is 1. The summed E-state index contributed by atoms with van der Waals surface area (Å²) >= 11 is 0. The van der Waals surface area contributed by atoms with Crippen LogP contribution in [0.5, 0.6) is 5.75 Å². The average Bonchev–Trinajstić information content (AvgIpc) is 2.99. The summed E-state index contributed by atoms with van der Waals surface area (Å²) in [5.41, 5.74) is 9.53. The summed E-state index contributed by atoms with van der Waals surface area (Å²) in [4.78, 5) is 0. The molecular weight excluding hydrogens is 300 g/mol. The van der Waals surface area contributed by atoms with Gasteiger partial charge in [-0.2, -0.15) is 0 Å². The number of rotatable bonds is 4. The molecule has 24 heavy (non-hydrogen) atoms. The van der Waals surface area contributed by atoms with Crippen molar-refractivity contribution in [1.29, 1.82) is 0 Å². The van der Waals surface area contributed by atoms with Gasteiger partial charge in [0.2, 0.25) is 5.88 Å². The molecule has 4 heteroatoms. The number of hydrogen-bond acceptors (Lipinski definition) is 4. The molecule has 0 radical (unpaired) electrons. The molecular formula is C20H22N2O2. The summed E-state index contributed by atoms with van der Waals surface area (Å²) in [6, 6.07) is 17.9. The Balaban J connectivity index is 1.91. The van der Waals surface area contributed by atoms with Crippen LogP contribution in [-0.2, 0) is 12.0 Å². The van der Waals surface area contributed by atoms with Crippen LogP contribution in [0.15, 0.2) is 59.1 Å². The molecule has 4 nitrogen and oxygen atoms in total. The fourth-order valence-electron chi connectivity index (χ4n) is 2.56. The number of benzene rings is 2. The highest BCUT2D eigenvalue weighted by atomic mass is 16.5. The third-order valence-electron chi connectivity index (χ3n) is 3.85. The molecule has 3 rings (SSSR count). The van der Waals surface area contributed by atoms with E-state index in [0.29, 0.717) is 12.5 Å². The van der Waals surface area contributed by atoms with Crippen LogP contribution in [-0.4, -0.2) is 5.16 Å². The Morgan fingerprint density at radius 1 is 1.04 bits per heavy atom. The number of hydrogen-bond donors (Lipinski definition) is 1. The van der Waals surface area contributed by atoms with E-state index in [0.717, 1.165) is 28.1 Å². The highest BCUT2D eigenvalue weighted by molar-refractivity contribution is 5.64. The molecule has 0 aliphatic heterocycles. The van der Waals surface area contributed by atoms with Crippen LogP contribution >= 0.6 is 0 Å². The van der Waals surface area contributed by atoms with E-state index in [4.69, 9.17) is 15.0 Å². The third kappa shape index (κ3) is 3.59. The van der Waals surface area contributed by atoms with Crippen LogP contribution in [0.2, 0.25) is 0 Å². The van der Waals surface area contributed by atoms with Gasteiger partial charge in [0.15, 0.2) is 0 Å². The van der Waals surface area contributed by atoms with E-state index in [1.54, 1.807) is 6.07 Å². The van der Waals surface area contributed by atoms with Crippen molar-refractivity contribution in [2.45, 2.75) is 32.8 Å². The van der Waals surface area contributed by atoms with Gasteiger partial charge < -0.3 is 15.0 Å². The molecule has 0 aliphatic carbocycles. The van der Waals surface area contributed by atoms with E-state index in [-0.39, 0.29) is 5.41 Å². The van der Waals surface area contributed by atoms with Gasteiger partial charge in [-0.25, -0.2) is 0 Å². The van der Waals surface area contributed by atoms with Crippen molar-refractivity contribution < 1.29 is 9.26 Å². The molecule has 0 fully saturated rings. The topological polar surface area (TPSA) is 61.3 Å². The zero-order chi connectivity index (χ0) is 17.2. The molecule has 0 unspecified atom stereocenters. The zero-order valence-corrected chi connectivity index (χ0v) is 14.2. The van der Waals surface area contributed by atoms with Gasteiger partial charge in [0.25, 0.3) is 0 Å². The minimum absolute atomic E-state index is 0.0582. The van der Waals surface area contributed by atoms with Crippen LogP contribution in [0.3, 0.4) is 0 Å². The lowest BCUT2D eigenvalue weighted by molar-refractivity contribution is 0.297. The normalized spacial score (nSPS) is 11.5. The van der Waals surface area contributed by atoms with Crippen molar-refractivity contribution in [1.82, 2.24) is 5.16 Å². The van der Waals surface area contributed by atoms with Gasteiger partial charge in [-0.15, -0.1) is 0 Å². The highest BCUT2D eigenvalue weighted by Crippen LogP contribution is 2.35. The second kappa shape index (κ2) is 6.40. The monoisotopic (exact) mass is 322 g/mol. The maximum absolute atomic E-state index is 6.08. The quantitative estimate of drug-likeness (QED) is 0.749. The van der Waals surface area contributed by atoms with E-state index in [9.17, 15) is 0 Å². The minimum Gasteiger partial charge on any atom is -0.489 e. The first-order valence-electron chi connectivity index (χ1n) is 7.97. The first kappa shape index (κ1) is 16.1. The molecule has 124 valence electrons. The second-order valence-corrected chi connectivity index (χ2v) is 6.85. The predicted molar refractivity (Wildman–Crippen MR) is 95.8 cm³/mol. The Hall–Kier alpha value is -2.75. The SMILES string of the molecule is CC(C)(C)c1cc(-c2cc(N)on2)ccc1OCc1ccccc1. The van der Waals surface area contributed by atoms with E-state index >= 15 is 0 Å². The fourth-order valence-corrected chi connectivity index (χ4v) is 2.56. The van der Waals surface area contributed by atoms with Crippen molar-refractivity contribution in [2.24, 2.45) is 0 Å². The molecule has 0 aliphatic rings. The van der Waals surface area contributed by atoms with E-state index in [2.05, 4.69) is 44.1 Å². The van der Waals surface area contributed by atoms with E-state index in [1.165, 1.54) is 0 Å². The van der Waals surface area contributed by atoms with Gasteiger partial charge in [-0.1, -0.05) is 56.3 Å². The molecule has 1 heterocycles. The van der Waals surface area contributed by atoms with Gasteiger partial charge >= 0.3 is 0 Å². The molecule has 0 amide bonds. The third-order valence-corrected chi connectivity index (χ3v) is 3.85. The molecule has 1 aromatic heterocycles. The second-order valence-electron chi connectivity index (χ2n) is 6.85. The molecule has 2 N–H and O–H groups in total. The summed E-state index contributed by atoms with van der Waals surface area (Å²) in [5.74, 6) is 1.19. The number of aromatic nitrogens is 1. The van der Waals surface area contributed by atoms with Crippen LogP contribution in [0.4, 0.5) is 5.88 Å². The van der Waals surface area contributed by atoms with Crippen molar-refractivity contribution in [2.75, 3.05) is 5.73 Å². The van der Waals surface area contributed by atoms with Crippen LogP contribution in [0, 0.1) is 0 Å². The molecule has 2 aromatic carbocycles. The van der Waals surface area contributed by atoms with Crippen LogP contribution < -0.4 is 10.5 Å². The van der Waals surface area contributed by atoms with Crippen molar-refractivity contribution in [3.63, 3.8) is 0 Å². The molecule has 0 bridgehead atoms. The minimum atomic E-state index is -0.0582. The molecule has 0 spiro atoms. The van der Waals surface area contributed by atoms with Crippen molar-refractivity contribution >= 4 is 5.88 Å². The van der Waals surface area contributed by atoms with E-state index < -0.39 is 0 Å². The van der Waals surface area contributed by atoms with Crippen molar-refractivity contribution in [3.8, 4) is 17.0 Å². The van der Waals surface area contributed by atoms with Crippen LogP contribution in [0.25, 0.3) is 11.3 Å². The fraction of sp³-hybridized carbons (Fsp3) is 0.250. The van der Waals surface area contributed by atoms with Crippen molar-refractivity contribution in [3.05, 3.63) is 65.7 Å². The molecule has 3 aromatic rings. The van der Waals surface area contributed by atoms with Gasteiger partial charge in [0.05, 0.1) is 0 Å². The van der Waals surface area contributed by atoms with Gasteiger partial charge in [0, 0.05) is 17.2 Å². The largest absolute Gasteiger partial charge is 0.489 e. The maximum atomic E-state index is 6.08. The summed E-state index contributed by atoms with van der Waals surface area (Å²) in [5, 5.41) is 3.99. The number of nitrogens with two attached hydrogens (primary N) is 1. The Morgan fingerprint density at radius 3 is 2.42 bits per heavy atom. The summed E-state index contributed by atoms with van der Waals surface area (Å²) in [6.07, 6.45) is 0. The number of nitrogen functional groups attached to an aromatic ring is 1. The summed E-state index contributed by atoms with van der Waals surface area (Å²) < 4.78 is 11.1. The first-order valence-corrected chi connectivity index (χ1v) is 7.97. The lowest BCUT2D eigenvalue weighted by Crippen LogP contribution is -2.13. The zero-order valence-electron chi connectivity index (χ0n) is 14.2. The Kier molecular flexibility index (Phi) is 4.30. The lowest BCUT2D eigenvalue weighted by Gasteiger charge is -2.23. The maximum Gasteiger partial charge on any atom is 0.222 e. The summed E-state index contributed by atoms with van der Waals surface area (Å²) in [6.45, 7) is 7.04. The Labute approximate surface area is 142 Å². The van der Waals surface area contributed by atoms with E-state index in [1.807, 2.05) is 30.3 Å². The van der Waals surface area contributed by atoms with Gasteiger partial charge in [0.1, 0.15) is 18.1 Å². The smallest absolute Gasteiger partial charge is 0.222 e. The molecule has 0 saturated heterocycles. The van der Waals surface area contributed by atoms with Crippen LogP contribution in [0.1, 0.15) is 31.9 Å². The highest BCUT2D eigenvalue weighted by Gasteiger charge is 2.20. The Bertz CT molecular complexity index is 817. The summed E-state index contributed by atoms with van der Waals surface area (Å²) in [7, 11) is 0. The first-order chi connectivity index (χ1) is 11.4. The van der Waals surface area contributed by atoms with Gasteiger partial charge in [-0.05, 0) is 29.2 Å². The molecule has 0 atom stereocenters. The number of anilines is 1. The average molecular weight is 322 g/mol. The Morgan fingerprint density at radius 2 is 1.79 bits per heavy atom.